The van der Waals surface area contributed by atoms with Crippen LogP contribution in [-0.4, -0.2) is 36.3 Å². The zero-order chi connectivity index (χ0) is 12.7. The van der Waals surface area contributed by atoms with Gasteiger partial charge in [-0.15, -0.1) is 0 Å². The van der Waals surface area contributed by atoms with Crippen LogP contribution < -0.4 is 10.6 Å². The van der Waals surface area contributed by atoms with Crippen LogP contribution in [0, 0.1) is 5.92 Å². The Hall–Kier alpha value is -1.36. The van der Waals surface area contributed by atoms with Crippen molar-refractivity contribution in [3.05, 3.63) is 12.4 Å². The van der Waals surface area contributed by atoms with Crippen molar-refractivity contribution in [3.8, 4) is 0 Å². The third-order valence-corrected chi connectivity index (χ3v) is 2.48. The molecule has 1 aromatic heterocycles. The number of ether oxygens (including phenoxy) is 1. The van der Waals surface area contributed by atoms with Crippen molar-refractivity contribution in [1.82, 2.24) is 9.97 Å². The van der Waals surface area contributed by atoms with Gasteiger partial charge in [0.25, 0.3) is 0 Å². The molecule has 0 saturated heterocycles. The lowest BCUT2D eigenvalue weighted by atomic mass is 10.1. The van der Waals surface area contributed by atoms with Crippen LogP contribution in [0.2, 0.25) is 0 Å². The molecular weight excluding hydrogens is 216 g/mol. The van der Waals surface area contributed by atoms with Gasteiger partial charge in [-0.05, 0) is 12.8 Å². The number of rotatable bonds is 7. The zero-order valence-corrected chi connectivity index (χ0v) is 11.0. The second-order valence-electron chi connectivity index (χ2n) is 4.27. The maximum absolute atomic E-state index is 5.19. The molecule has 2 N–H and O–H groups in total. The Morgan fingerprint density at radius 2 is 2.00 bits per heavy atom. The maximum atomic E-state index is 5.19. The summed E-state index contributed by atoms with van der Waals surface area (Å²) < 4.78 is 5.19. The highest BCUT2D eigenvalue weighted by Gasteiger charge is 2.13. The standard InChI is InChI=1S/C12H22N4O/c1-5-14-11-6-13-7-12(16-11)15-10(8-17-4)9(2)3/h6-7,9-10H,5,8H2,1-4H3,(H2,14,15,16). The lowest BCUT2D eigenvalue weighted by Gasteiger charge is -2.22. The van der Waals surface area contributed by atoms with E-state index >= 15 is 0 Å². The minimum absolute atomic E-state index is 0.242. The number of methoxy groups -OCH3 is 1. The molecule has 0 fully saturated rings. The van der Waals surface area contributed by atoms with E-state index in [9.17, 15) is 0 Å². The van der Waals surface area contributed by atoms with Crippen LogP contribution in [0.3, 0.4) is 0 Å². The fraction of sp³-hybridized carbons (Fsp3) is 0.667. The molecule has 0 aliphatic carbocycles. The highest BCUT2D eigenvalue weighted by Crippen LogP contribution is 2.12. The first-order valence-corrected chi connectivity index (χ1v) is 5.98. The lowest BCUT2D eigenvalue weighted by molar-refractivity contribution is 0.171. The van der Waals surface area contributed by atoms with Crippen molar-refractivity contribution in [1.29, 1.82) is 0 Å². The molecule has 0 aliphatic rings. The van der Waals surface area contributed by atoms with Crippen molar-refractivity contribution in [3.63, 3.8) is 0 Å². The Balaban J connectivity index is 2.68. The summed E-state index contributed by atoms with van der Waals surface area (Å²) in [5.41, 5.74) is 0. The molecular formula is C12H22N4O. The van der Waals surface area contributed by atoms with Crippen LogP contribution >= 0.6 is 0 Å². The van der Waals surface area contributed by atoms with Crippen LogP contribution in [0.15, 0.2) is 12.4 Å². The molecule has 0 saturated carbocycles. The molecule has 1 atom stereocenters. The van der Waals surface area contributed by atoms with E-state index in [-0.39, 0.29) is 6.04 Å². The minimum atomic E-state index is 0.242. The van der Waals surface area contributed by atoms with E-state index < -0.39 is 0 Å². The number of aromatic nitrogens is 2. The fourth-order valence-electron chi connectivity index (χ4n) is 1.47. The van der Waals surface area contributed by atoms with Gasteiger partial charge >= 0.3 is 0 Å². The third kappa shape index (κ3) is 4.56. The predicted molar refractivity (Wildman–Crippen MR) is 70.3 cm³/mol. The Bertz CT molecular complexity index is 330. The molecule has 1 heterocycles. The fourth-order valence-corrected chi connectivity index (χ4v) is 1.47. The summed E-state index contributed by atoms with van der Waals surface area (Å²) in [4.78, 5) is 8.57. The average Bonchev–Trinajstić information content (AvgIpc) is 2.29. The summed E-state index contributed by atoms with van der Waals surface area (Å²) >= 11 is 0. The lowest BCUT2D eigenvalue weighted by Crippen LogP contribution is -2.30. The van der Waals surface area contributed by atoms with E-state index in [0.29, 0.717) is 12.5 Å². The van der Waals surface area contributed by atoms with Crippen molar-refractivity contribution >= 4 is 11.6 Å². The molecule has 0 radical (unpaired) electrons. The Morgan fingerprint density at radius 1 is 1.29 bits per heavy atom. The highest BCUT2D eigenvalue weighted by atomic mass is 16.5. The van der Waals surface area contributed by atoms with Crippen molar-refractivity contribution in [2.45, 2.75) is 26.8 Å². The summed E-state index contributed by atoms with van der Waals surface area (Å²) in [6.45, 7) is 7.83. The molecule has 0 aliphatic heterocycles. The largest absolute Gasteiger partial charge is 0.383 e. The normalized spacial score (nSPS) is 12.5. The number of hydrogen-bond donors (Lipinski definition) is 2. The van der Waals surface area contributed by atoms with Crippen LogP contribution in [0.4, 0.5) is 11.6 Å². The molecule has 0 aromatic carbocycles. The monoisotopic (exact) mass is 238 g/mol. The van der Waals surface area contributed by atoms with Crippen LogP contribution in [0.5, 0.6) is 0 Å². The first-order chi connectivity index (χ1) is 8.17. The van der Waals surface area contributed by atoms with Gasteiger partial charge in [-0.1, -0.05) is 13.8 Å². The van der Waals surface area contributed by atoms with Crippen LogP contribution in [0.1, 0.15) is 20.8 Å². The third-order valence-electron chi connectivity index (χ3n) is 2.48. The van der Waals surface area contributed by atoms with Crippen molar-refractivity contribution in [2.24, 2.45) is 5.92 Å². The SMILES string of the molecule is CCNc1cncc(NC(COC)C(C)C)n1. The molecule has 5 heteroatoms. The van der Waals surface area contributed by atoms with Gasteiger partial charge in [0.15, 0.2) is 0 Å². The van der Waals surface area contributed by atoms with E-state index in [2.05, 4.69) is 34.4 Å². The van der Waals surface area contributed by atoms with E-state index in [0.717, 1.165) is 18.2 Å². The molecule has 5 nitrogen and oxygen atoms in total. The van der Waals surface area contributed by atoms with Gasteiger partial charge < -0.3 is 15.4 Å². The first-order valence-electron chi connectivity index (χ1n) is 5.98. The second kappa shape index (κ2) is 7.06. The molecule has 1 aromatic rings. The number of anilines is 2. The summed E-state index contributed by atoms with van der Waals surface area (Å²) in [6.07, 6.45) is 3.45. The minimum Gasteiger partial charge on any atom is -0.383 e. The van der Waals surface area contributed by atoms with Gasteiger partial charge in [0.2, 0.25) is 0 Å². The van der Waals surface area contributed by atoms with E-state index in [1.807, 2.05) is 6.92 Å². The van der Waals surface area contributed by atoms with Gasteiger partial charge in [0.1, 0.15) is 11.6 Å². The topological polar surface area (TPSA) is 59.1 Å². The van der Waals surface area contributed by atoms with Gasteiger partial charge in [-0.25, -0.2) is 4.98 Å². The van der Waals surface area contributed by atoms with Crippen LogP contribution in [0.25, 0.3) is 0 Å². The first kappa shape index (κ1) is 13.7. The van der Waals surface area contributed by atoms with E-state index in [1.54, 1.807) is 19.5 Å². The smallest absolute Gasteiger partial charge is 0.147 e. The summed E-state index contributed by atoms with van der Waals surface area (Å²) in [6, 6.07) is 0.242. The number of nitrogens with one attached hydrogen (secondary N) is 2. The van der Waals surface area contributed by atoms with Gasteiger partial charge in [0.05, 0.1) is 25.0 Å². The second-order valence-corrected chi connectivity index (χ2v) is 4.27. The zero-order valence-electron chi connectivity index (χ0n) is 11.0. The molecule has 17 heavy (non-hydrogen) atoms. The van der Waals surface area contributed by atoms with Crippen LogP contribution in [-0.2, 0) is 4.74 Å². The molecule has 0 bridgehead atoms. The van der Waals surface area contributed by atoms with Crippen molar-refractivity contribution < 1.29 is 4.74 Å². The van der Waals surface area contributed by atoms with E-state index in [1.165, 1.54) is 0 Å². The molecule has 0 amide bonds. The maximum Gasteiger partial charge on any atom is 0.147 e. The number of nitrogens with zero attached hydrogens (tertiary/aromatic N) is 2. The summed E-state index contributed by atoms with van der Waals surface area (Å²) in [7, 11) is 1.71. The Labute approximate surface area is 103 Å². The molecule has 96 valence electrons. The average molecular weight is 238 g/mol. The summed E-state index contributed by atoms with van der Waals surface area (Å²) in [5, 5.41) is 6.48. The van der Waals surface area contributed by atoms with Gasteiger partial charge in [-0.2, -0.15) is 0 Å². The quantitative estimate of drug-likeness (QED) is 0.760. The predicted octanol–water partition coefficient (Wildman–Crippen LogP) is 1.99. The Morgan fingerprint density at radius 3 is 2.59 bits per heavy atom. The molecule has 1 unspecified atom stereocenters. The molecule has 0 spiro atoms. The summed E-state index contributed by atoms with van der Waals surface area (Å²) in [5.74, 6) is 2.04. The number of hydrogen-bond acceptors (Lipinski definition) is 5. The van der Waals surface area contributed by atoms with Crippen molar-refractivity contribution in [2.75, 3.05) is 30.9 Å². The van der Waals surface area contributed by atoms with Gasteiger partial charge in [0, 0.05) is 13.7 Å². The van der Waals surface area contributed by atoms with E-state index in [4.69, 9.17) is 4.74 Å². The molecule has 1 rings (SSSR count). The Kier molecular flexibility index (Phi) is 5.69. The highest BCUT2D eigenvalue weighted by molar-refractivity contribution is 5.42. The van der Waals surface area contributed by atoms with Gasteiger partial charge in [-0.3, -0.25) is 4.98 Å².